The Morgan fingerprint density at radius 3 is 2.12 bits per heavy atom. The molecule has 0 radical (unpaired) electrons. The normalized spacial score (nSPS) is 36.8. The van der Waals surface area contributed by atoms with Gasteiger partial charge in [-0.3, -0.25) is 0 Å². The first kappa shape index (κ1) is 7.17. The van der Waals surface area contributed by atoms with Gasteiger partial charge in [-0.15, -0.1) is 23.2 Å². The van der Waals surface area contributed by atoms with Crippen molar-refractivity contribution in [2.75, 3.05) is 0 Å². The summed E-state index contributed by atoms with van der Waals surface area (Å²) in [5.74, 6) is 0.464. The Morgan fingerprint density at radius 1 is 1.75 bits per heavy atom. The molecule has 0 nitrogen and oxygen atoms in total. The Bertz CT molecular complexity index is 101. The first-order chi connectivity index (χ1) is 3.54. The summed E-state index contributed by atoms with van der Waals surface area (Å²) in [6, 6.07) is 0. The molecule has 2 unspecified atom stereocenters. The van der Waals surface area contributed by atoms with Gasteiger partial charge in [-0.1, -0.05) is 22.9 Å². The highest BCUT2D eigenvalue weighted by molar-refractivity contribution is 9.09. The topological polar surface area (TPSA) is 0 Å². The monoisotopic (exact) mass is 216 g/mol. The molecule has 0 N–H and O–H groups in total. The molecule has 3 heteroatoms. The van der Waals surface area contributed by atoms with E-state index in [-0.39, 0.29) is 0 Å². The van der Waals surface area contributed by atoms with Crippen LogP contribution in [0.15, 0.2) is 0 Å². The average Bonchev–Trinajstić information content (AvgIpc) is 2.13. The minimum Gasteiger partial charge on any atom is -0.101 e. The third-order valence-corrected chi connectivity index (χ3v) is 2.94. The van der Waals surface area contributed by atoms with Gasteiger partial charge < -0.3 is 0 Å². The van der Waals surface area contributed by atoms with Crippen LogP contribution in [-0.4, -0.2) is 9.16 Å². The van der Waals surface area contributed by atoms with Crippen molar-refractivity contribution in [3.05, 3.63) is 0 Å². The standard InChI is InChI=1S/C5H7BrCl2/c1-3(6)4-2-5(4,7)8/h3-4H,2H2,1H3. The fourth-order valence-electron chi connectivity index (χ4n) is 0.733. The molecule has 0 aromatic rings. The van der Waals surface area contributed by atoms with Gasteiger partial charge in [0, 0.05) is 10.7 Å². The molecule has 0 aromatic heterocycles. The SMILES string of the molecule is CC(Br)C1CC1(Cl)Cl. The second kappa shape index (κ2) is 2.03. The van der Waals surface area contributed by atoms with Crippen LogP contribution in [0.25, 0.3) is 0 Å². The fourth-order valence-corrected chi connectivity index (χ4v) is 2.39. The Balaban J connectivity index is 2.37. The summed E-state index contributed by atoms with van der Waals surface area (Å²) in [4.78, 5) is 0.456. The molecule has 1 aliphatic rings. The van der Waals surface area contributed by atoms with Gasteiger partial charge >= 0.3 is 0 Å². The Kier molecular flexibility index (Phi) is 1.82. The number of alkyl halides is 3. The summed E-state index contributed by atoms with van der Waals surface area (Å²) in [6.07, 6.45) is 0.933. The molecule has 1 aliphatic carbocycles. The summed E-state index contributed by atoms with van der Waals surface area (Å²) in [5.41, 5.74) is 0. The third kappa shape index (κ3) is 1.31. The molecule has 48 valence electrons. The van der Waals surface area contributed by atoms with E-state index in [0.29, 0.717) is 10.7 Å². The maximum Gasteiger partial charge on any atom is 0.122 e. The maximum atomic E-state index is 5.74. The highest BCUT2D eigenvalue weighted by Gasteiger charge is 2.53. The largest absolute Gasteiger partial charge is 0.122 e. The molecule has 1 rings (SSSR count). The molecule has 1 fully saturated rings. The van der Waals surface area contributed by atoms with Gasteiger partial charge in [0.1, 0.15) is 4.33 Å². The minimum absolute atomic E-state index is 0.414. The van der Waals surface area contributed by atoms with Crippen molar-refractivity contribution in [2.45, 2.75) is 22.5 Å². The molecule has 0 aromatic carbocycles. The number of hydrogen-bond donors (Lipinski definition) is 0. The molecule has 0 amide bonds. The predicted octanol–water partition coefficient (Wildman–Crippen LogP) is 2.96. The van der Waals surface area contributed by atoms with Crippen molar-refractivity contribution >= 4 is 39.1 Å². The zero-order valence-electron chi connectivity index (χ0n) is 4.50. The summed E-state index contributed by atoms with van der Waals surface area (Å²) in [6.45, 7) is 2.07. The number of halogens is 3. The highest BCUT2D eigenvalue weighted by atomic mass is 79.9. The second-order valence-corrected chi connectivity index (χ2v) is 5.24. The minimum atomic E-state index is -0.414. The van der Waals surface area contributed by atoms with Crippen molar-refractivity contribution in [1.82, 2.24) is 0 Å². The van der Waals surface area contributed by atoms with Gasteiger partial charge in [0.2, 0.25) is 0 Å². The summed E-state index contributed by atoms with van der Waals surface area (Å²) < 4.78 is -0.414. The van der Waals surface area contributed by atoms with Gasteiger partial charge in [-0.05, 0) is 6.42 Å². The molecule has 1 saturated carbocycles. The predicted molar refractivity (Wildman–Crippen MR) is 40.9 cm³/mol. The Hall–Kier alpha value is 1.06. The molecule has 0 saturated heterocycles. The van der Waals surface area contributed by atoms with Crippen molar-refractivity contribution in [3.8, 4) is 0 Å². The zero-order chi connectivity index (χ0) is 6.36. The van der Waals surface area contributed by atoms with Crippen molar-refractivity contribution in [2.24, 2.45) is 5.92 Å². The van der Waals surface area contributed by atoms with E-state index >= 15 is 0 Å². The van der Waals surface area contributed by atoms with Crippen LogP contribution in [0.4, 0.5) is 0 Å². The third-order valence-electron chi connectivity index (χ3n) is 1.43. The first-order valence-electron chi connectivity index (χ1n) is 2.56. The molecule has 8 heavy (non-hydrogen) atoms. The molecule has 0 spiro atoms. The van der Waals surface area contributed by atoms with Crippen molar-refractivity contribution in [1.29, 1.82) is 0 Å². The van der Waals surface area contributed by atoms with E-state index in [0.717, 1.165) is 6.42 Å². The Morgan fingerprint density at radius 2 is 2.12 bits per heavy atom. The van der Waals surface area contributed by atoms with E-state index in [9.17, 15) is 0 Å². The van der Waals surface area contributed by atoms with Crippen LogP contribution in [0.2, 0.25) is 0 Å². The lowest BCUT2D eigenvalue weighted by molar-refractivity contribution is 0.822. The lowest BCUT2D eigenvalue weighted by atomic mass is 10.3. The maximum absolute atomic E-state index is 5.74. The average molecular weight is 218 g/mol. The molecule has 0 bridgehead atoms. The molecular formula is C5H7BrCl2. The summed E-state index contributed by atoms with van der Waals surface area (Å²) >= 11 is 14.9. The van der Waals surface area contributed by atoms with Gasteiger partial charge in [-0.25, -0.2) is 0 Å². The van der Waals surface area contributed by atoms with Crippen LogP contribution in [0.3, 0.4) is 0 Å². The quantitative estimate of drug-likeness (QED) is 0.593. The van der Waals surface area contributed by atoms with Gasteiger partial charge in [0.05, 0.1) is 0 Å². The van der Waals surface area contributed by atoms with Gasteiger partial charge in [-0.2, -0.15) is 0 Å². The van der Waals surface area contributed by atoms with Crippen LogP contribution in [0.1, 0.15) is 13.3 Å². The van der Waals surface area contributed by atoms with Crippen LogP contribution in [0, 0.1) is 5.92 Å². The van der Waals surface area contributed by atoms with Crippen LogP contribution >= 0.6 is 39.1 Å². The molecule has 2 atom stereocenters. The smallest absolute Gasteiger partial charge is 0.101 e. The molecular weight excluding hydrogens is 211 g/mol. The molecule has 0 aliphatic heterocycles. The first-order valence-corrected chi connectivity index (χ1v) is 4.23. The van der Waals surface area contributed by atoms with E-state index in [1.165, 1.54) is 0 Å². The van der Waals surface area contributed by atoms with E-state index < -0.39 is 4.33 Å². The van der Waals surface area contributed by atoms with Crippen LogP contribution in [0.5, 0.6) is 0 Å². The summed E-state index contributed by atoms with van der Waals surface area (Å²) in [5, 5.41) is 0. The van der Waals surface area contributed by atoms with Gasteiger partial charge in [0.15, 0.2) is 0 Å². The zero-order valence-corrected chi connectivity index (χ0v) is 7.59. The van der Waals surface area contributed by atoms with E-state index in [2.05, 4.69) is 22.9 Å². The number of rotatable bonds is 1. The van der Waals surface area contributed by atoms with Gasteiger partial charge in [0.25, 0.3) is 0 Å². The van der Waals surface area contributed by atoms with Crippen LogP contribution < -0.4 is 0 Å². The molecule has 0 heterocycles. The highest BCUT2D eigenvalue weighted by Crippen LogP contribution is 2.56. The fraction of sp³-hybridized carbons (Fsp3) is 1.00. The summed E-state index contributed by atoms with van der Waals surface area (Å²) in [7, 11) is 0. The lowest BCUT2D eigenvalue weighted by Crippen LogP contribution is -1.99. The van der Waals surface area contributed by atoms with E-state index in [4.69, 9.17) is 23.2 Å². The van der Waals surface area contributed by atoms with E-state index in [1.807, 2.05) is 0 Å². The van der Waals surface area contributed by atoms with Crippen molar-refractivity contribution < 1.29 is 0 Å². The van der Waals surface area contributed by atoms with Crippen LogP contribution in [-0.2, 0) is 0 Å². The Labute approximate surface area is 67.7 Å². The number of hydrogen-bond acceptors (Lipinski definition) is 0. The van der Waals surface area contributed by atoms with Crippen molar-refractivity contribution in [3.63, 3.8) is 0 Å². The lowest BCUT2D eigenvalue weighted by Gasteiger charge is -1.99. The second-order valence-electron chi connectivity index (χ2n) is 2.25. The van der Waals surface area contributed by atoms with E-state index in [1.54, 1.807) is 0 Å².